The SMILES string of the molecule is CC(C)C(N)C(O)c1ccc(Cl)c(Cl)c1. The second-order valence-corrected chi connectivity index (χ2v) is 4.75. The van der Waals surface area contributed by atoms with Crippen LogP contribution in [0.1, 0.15) is 25.5 Å². The summed E-state index contributed by atoms with van der Waals surface area (Å²) in [6, 6.07) is 4.75. The Kier molecular flexibility index (Phi) is 4.41. The monoisotopic (exact) mass is 247 g/mol. The third-order valence-corrected chi connectivity index (χ3v) is 3.16. The Morgan fingerprint density at radius 1 is 1.20 bits per heavy atom. The van der Waals surface area contributed by atoms with Gasteiger partial charge in [-0.3, -0.25) is 0 Å². The number of rotatable bonds is 3. The maximum absolute atomic E-state index is 9.95. The molecule has 4 heteroatoms. The Morgan fingerprint density at radius 3 is 2.27 bits per heavy atom. The van der Waals surface area contributed by atoms with Crippen LogP contribution in [0.4, 0.5) is 0 Å². The van der Waals surface area contributed by atoms with Crippen molar-refractivity contribution in [3.8, 4) is 0 Å². The molecule has 1 aromatic rings. The molecular weight excluding hydrogens is 233 g/mol. The zero-order valence-corrected chi connectivity index (χ0v) is 10.3. The molecule has 2 atom stereocenters. The van der Waals surface area contributed by atoms with Gasteiger partial charge in [-0.15, -0.1) is 0 Å². The van der Waals surface area contributed by atoms with Crippen LogP contribution in [0, 0.1) is 5.92 Å². The van der Waals surface area contributed by atoms with E-state index in [9.17, 15) is 5.11 Å². The van der Waals surface area contributed by atoms with Gasteiger partial charge in [0.15, 0.2) is 0 Å². The van der Waals surface area contributed by atoms with Gasteiger partial charge >= 0.3 is 0 Å². The van der Waals surface area contributed by atoms with Crippen LogP contribution in [0.2, 0.25) is 10.0 Å². The lowest BCUT2D eigenvalue weighted by Crippen LogP contribution is -2.33. The van der Waals surface area contributed by atoms with Crippen LogP contribution in [0.15, 0.2) is 18.2 Å². The molecule has 3 N–H and O–H groups in total. The van der Waals surface area contributed by atoms with Crippen molar-refractivity contribution in [3.05, 3.63) is 33.8 Å². The first kappa shape index (κ1) is 12.8. The Hall–Kier alpha value is -0.280. The van der Waals surface area contributed by atoms with E-state index in [0.717, 1.165) is 0 Å². The first-order valence-corrected chi connectivity index (χ1v) is 5.57. The largest absolute Gasteiger partial charge is 0.387 e. The van der Waals surface area contributed by atoms with Gasteiger partial charge in [0.2, 0.25) is 0 Å². The summed E-state index contributed by atoms with van der Waals surface area (Å²) in [5.74, 6) is 0.203. The van der Waals surface area contributed by atoms with Gasteiger partial charge in [0, 0.05) is 6.04 Å². The van der Waals surface area contributed by atoms with E-state index >= 15 is 0 Å². The van der Waals surface area contributed by atoms with Crippen LogP contribution in [-0.2, 0) is 0 Å². The summed E-state index contributed by atoms with van der Waals surface area (Å²) >= 11 is 11.6. The normalized spacial score (nSPS) is 15.4. The van der Waals surface area contributed by atoms with E-state index in [2.05, 4.69) is 0 Å². The van der Waals surface area contributed by atoms with Crippen molar-refractivity contribution in [2.24, 2.45) is 11.7 Å². The van der Waals surface area contributed by atoms with Gasteiger partial charge in [0.05, 0.1) is 16.1 Å². The average molecular weight is 248 g/mol. The molecule has 15 heavy (non-hydrogen) atoms. The van der Waals surface area contributed by atoms with E-state index in [1.165, 1.54) is 0 Å². The lowest BCUT2D eigenvalue weighted by Gasteiger charge is -2.22. The molecule has 0 bridgehead atoms. The Labute approximate surface area is 100.0 Å². The first-order valence-electron chi connectivity index (χ1n) is 4.82. The summed E-state index contributed by atoms with van der Waals surface area (Å²) in [6.07, 6.45) is -0.709. The second-order valence-electron chi connectivity index (χ2n) is 3.94. The number of aliphatic hydroxyl groups is 1. The smallest absolute Gasteiger partial charge is 0.0943 e. The molecule has 0 heterocycles. The standard InChI is InChI=1S/C11H15Cl2NO/c1-6(2)10(14)11(15)7-3-4-8(12)9(13)5-7/h3-6,10-11,15H,14H2,1-2H3. The number of hydrogen-bond donors (Lipinski definition) is 2. The van der Waals surface area contributed by atoms with Crippen LogP contribution >= 0.6 is 23.2 Å². The predicted octanol–water partition coefficient (Wildman–Crippen LogP) is 3.01. The summed E-state index contributed by atoms with van der Waals surface area (Å²) in [5, 5.41) is 10.9. The average Bonchev–Trinajstić information content (AvgIpc) is 2.19. The highest BCUT2D eigenvalue weighted by Crippen LogP contribution is 2.27. The highest BCUT2D eigenvalue weighted by molar-refractivity contribution is 6.42. The third-order valence-electron chi connectivity index (χ3n) is 2.42. The van der Waals surface area contributed by atoms with E-state index in [0.29, 0.717) is 15.6 Å². The zero-order valence-electron chi connectivity index (χ0n) is 8.74. The van der Waals surface area contributed by atoms with Gasteiger partial charge in [-0.1, -0.05) is 43.1 Å². The fourth-order valence-electron chi connectivity index (χ4n) is 1.28. The van der Waals surface area contributed by atoms with Crippen LogP contribution in [0.3, 0.4) is 0 Å². The topological polar surface area (TPSA) is 46.2 Å². The number of benzene rings is 1. The Morgan fingerprint density at radius 2 is 1.80 bits per heavy atom. The van der Waals surface area contributed by atoms with E-state index < -0.39 is 6.10 Å². The molecule has 0 aromatic heterocycles. The minimum absolute atomic E-state index is 0.203. The highest BCUT2D eigenvalue weighted by Gasteiger charge is 2.20. The van der Waals surface area contributed by atoms with Gasteiger partial charge < -0.3 is 10.8 Å². The van der Waals surface area contributed by atoms with Crippen molar-refractivity contribution in [1.82, 2.24) is 0 Å². The van der Waals surface area contributed by atoms with Gasteiger partial charge in [0.25, 0.3) is 0 Å². The highest BCUT2D eigenvalue weighted by atomic mass is 35.5. The quantitative estimate of drug-likeness (QED) is 0.863. The fourth-order valence-corrected chi connectivity index (χ4v) is 1.59. The van der Waals surface area contributed by atoms with Crippen molar-refractivity contribution in [2.45, 2.75) is 26.0 Å². The number of nitrogens with two attached hydrogens (primary N) is 1. The van der Waals surface area contributed by atoms with Crippen LogP contribution < -0.4 is 5.73 Å². The van der Waals surface area contributed by atoms with E-state index in [1.54, 1.807) is 18.2 Å². The molecule has 0 saturated heterocycles. The predicted molar refractivity (Wildman–Crippen MR) is 64.2 cm³/mol. The minimum Gasteiger partial charge on any atom is -0.387 e. The van der Waals surface area contributed by atoms with Crippen molar-refractivity contribution in [3.63, 3.8) is 0 Å². The summed E-state index contributed by atoms with van der Waals surface area (Å²) in [7, 11) is 0. The molecule has 1 rings (SSSR count). The summed E-state index contributed by atoms with van der Waals surface area (Å²) in [6.45, 7) is 3.93. The summed E-state index contributed by atoms with van der Waals surface area (Å²) in [4.78, 5) is 0. The summed E-state index contributed by atoms with van der Waals surface area (Å²) < 4.78 is 0. The molecule has 0 aliphatic carbocycles. The Balaban J connectivity index is 2.91. The molecule has 0 aliphatic heterocycles. The van der Waals surface area contributed by atoms with Gasteiger partial charge in [-0.25, -0.2) is 0 Å². The summed E-state index contributed by atoms with van der Waals surface area (Å²) in [5.41, 5.74) is 6.55. The van der Waals surface area contributed by atoms with Crippen molar-refractivity contribution in [1.29, 1.82) is 0 Å². The molecule has 0 radical (unpaired) electrons. The van der Waals surface area contributed by atoms with E-state index in [1.807, 2.05) is 13.8 Å². The molecule has 2 nitrogen and oxygen atoms in total. The fraction of sp³-hybridized carbons (Fsp3) is 0.455. The number of halogens is 2. The Bertz CT molecular complexity index is 341. The molecule has 0 aliphatic rings. The van der Waals surface area contributed by atoms with Gasteiger partial charge in [-0.05, 0) is 23.6 Å². The van der Waals surface area contributed by atoms with E-state index in [4.69, 9.17) is 28.9 Å². The molecule has 0 saturated carbocycles. The number of hydrogen-bond acceptors (Lipinski definition) is 2. The van der Waals surface area contributed by atoms with Crippen LogP contribution in [-0.4, -0.2) is 11.1 Å². The van der Waals surface area contributed by atoms with Gasteiger partial charge in [0.1, 0.15) is 0 Å². The molecule has 1 aromatic carbocycles. The maximum Gasteiger partial charge on any atom is 0.0943 e. The van der Waals surface area contributed by atoms with Crippen molar-refractivity contribution < 1.29 is 5.11 Å². The molecule has 0 fully saturated rings. The molecule has 0 spiro atoms. The van der Waals surface area contributed by atoms with Crippen molar-refractivity contribution in [2.75, 3.05) is 0 Å². The molecule has 84 valence electrons. The molecule has 2 unspecified atom stereocenters. The second kappa shape index (κ2) is 5.17. The van der Waals surface area contributed by atoms with Gasteiger partial charge in [-0.2, -0.15) is 0 Å². The van der Waals surface area contributed by atoms with Crippen molar-refractivity contribution >= 4 is 23.2 Å². The van der Waals surface area contributed by atoms with E-state index in [-0.39, 0.29) is 12.0 Å². The minimum atomic E-state index is -0.709. The van der Waals surface area contributed by atoms with Crippen LogP contribution in [0.25, 0.3) is 0 Å². The third kappa shape index (κ3) is 3.08. The lowest BCUT2D eigenvalue weighted by atomic mass is 9.94. The molecule has 0 amide bonds. The first-order chi connectivity index (χ1) is 6.93. The molecular formula is C11H15Cl2NO. The lowest BCUT2D eigenvalue weighted by molar-refractivity contribution is 0.126. The van der Waals surface area contributed by atoms with Crippen LogP contribution in [0.5, 0.6) is 0 Å². The zero-order chi connectivity index (χ0) is 11.6. The maximum atomic E-state index is 9.95. The number of aliphatic hydroxyl groups excluding tert-OH is 1.